The van der Waals surface area contributed by atoms with Crippen molar-refractivity contribution in [2.45, 2.75) is 13.0 Å². The predicted molar refractivity (Wildman–Crippen MR) is 107 cm³/mol. The fourth-order valence-electron chi connectivity index (χ4n) is 3.20. The van der Waals surface area contributed by atoms with Gasteiger partial charge < -0.3 is 10.3 Å². The summed E-state index contributed by atoms with van der Waals surface area (Å²) in [6, 6.07) is 25.2. The first-order valence-corrected chi connectivity index (χ1v) is 8.71. The van der Waals surface area contributed by atoms with Crippen molar-refractivity contribution >= 4 is 22.4 Å². The number of para-hydroxylation sites is 2. The maximum Gasteiger partial charge on any atom is 0.189 e. The van der Waals surface area contributed by atoms with Crippen LogP contribution in [0.3, 0.4) is 0 Å². The molecule has 0 saturated heterocycles. The van der Waals surface area contributed by atoms with Crippen LogP contribution in [0.25, 0.3) is 10.9 Å². The number of fused-ring (bicyclic) bond motifs is 1. The zero-order valence-electron chi connectivity index (χ0n) is 14.6. The third-order valence-corrected chi connectivity index (χ3v) is 4.62. The zero-order chi connectivity index (χ0) is 17.9. The van der Waals surface area contributed by atoms with Gasteiger partial charge in [0.25, 0.3) is 0 Å². The molecular weight excluding hydrogens is 320 g/mol. The number of aromatic nitrogens is 1. The number of hydrogen-bond donors (Lipinski definition) is 2. The van der Waals surface area contributed by atoms with E-state index in [0.29, 0.717) is 5.56 Å². The summed E-state index contributed by atoms with van der Waals surface area (Å²) in [5.74, 6) is 0.0543. The van der Waals surface area contributed by atoms with Gasteiger partial charge in [-0.25, -0.2) is 0 Å². The summed E-state index contributed by atoms with van der Waals surface area (Å²) in [5, 5.41) is 4.47. The van der Waals surface area contributed by atoms with Crippen molar-refractivity contribution in [3.63, 3.8) is 0 Å². The number of anilines is 1. The summed E-state index contributed by atoms with van der Waals surface area (Å²) in [7, 11) is 0. The molecule has 26 heavy (non-hydrogen) atoms. The van der Waals surface area contributed by atoms with Crippen molar-refractivity contribution in [2.24, 2.45) is 0 Å². The molecule has 0 amide bonds. The van der Waals surface area contributed by atoms with Crippen molar-refractivity contribution in [2.75, 3.05) is 5.32 Å². The van der Waals surface area contributed by atoms with Crippen LogP contribution in [0.15, 0.2) is 85.1 Å². The van der Waals surface area contributed by atoms with Gasteiger partial charge in [0.2, 0.25) is 0 Å². The molecule has 0 spiro atoms. The van der Waals surface area contributed by atoms with E-state index < -0.39 is 6.04 Å². The van der Waals surface area contributed by atoms with Crippen molar-refractivity contribution in [3.05, 3.63) is 102 Å². The largest absolute Gasteiger partial charge is 0.371 e. The van der Waals surface area contributed by atoms with E-state index in [4.69, 9.17) is 0 Å². The smallest absolute Gasteiger partial charge is 0.189 e. The molecule has 0 bridgehead atoms. The molecule has 4 aromatic rings. The molecule has 1 aromatic heterocycles. The maximum atomic E-state index is 13.3. The standard InChI is InChI=1S/C23H20N2O/c1-16-11-13-17(14-12-16)23(26)22(25-18-7-3-2-4-8-18)20-15-24-21-10-6-5-9-19(20)21/h2-15,22,24-25H,1H3. The van der Waals surface area contributed by atoms with Crippen LogP contribution in [-0.2, 0) is 0 Å². The Labute approximate surface area is 152 Å². The molecule has 2 N–H and O–H groups in total. The highest BCUT2D eigenvalue weighted by Crippen LogP contribution is 2.29. The predicted octanol–water partition coefficient (Wildman–Crippen LogP) is 5.51. The fraction of sp³-hybridized carbons (Fsp3) is 0.0870. The number of carbonyl (C=O) groups is 1. The summed E-state index contributed by atoms with van der Waals surface area (Å²) < 4.78 is 0. The van der Waals surface area contributed by atoms with Gasteiger partial charge in [0, 0.05) is 33.9 Å². The number of ketones is 1. The topological polar surface area (TPSA) is 44.9 Å². The Morgan fingerprint density at radius 1 is 0.885 bits per heavy atom. The summed E-state index contributed by atoms with van der Waals surface area (Å²) in [6.45, 7) is 2.02. The molecule has 0 aliphatic heterocycles. The summed E-state index contributed by atoms with van der Waals surface area (Å²) >= 11 is 0. The first-order valence-electron chi connectivity index (χ1n) is 8.71. The quantitative estimate of drug-likeness (QED) is 0.470. The second kappa shape index (κ2) is 6.89. The highest BCUT2D eigenvalue weighted by atomic mass is 16.1. The van der Waals surface area contributed by atoms with Crippen LogP contribution < -0.4 is 5.32 Å². The van der Waals surface area contributed by atoms with Gasteiger partial charge in [0.15, 0.2) is 5.78 Å². The van der Waals surface area contributed by atoms with Crippen molar-refractivity contribution in [1.29, 1.82) is 0 Å². The van der Waals surface area contributed by atoms with E-state index in [2.05, 4.69) is 10.3 Å². The van der Waals surface area contributed by atoms with Crippen LogP contribution >= 0.6 is 0 Å². The Kier molecular flexibility index (Phi) is 4.28. The summed E-state index contributed by atoms with van der Waals surface area (Å²) in [5.41, 5.74) is 4.74. The number of hydrogen-bond acceptors (Lipinski definition) is 2. The minimum absolute atomic E-state index is 0.0543. The average molecular weight is 340 g/mol. The van der Waals surface area contributed by atoms with Crippen molar-refractivity contribution in [1.82, 2.24) is 4.98 Å². The number of Topliss-reactive ketones (excluding diaryl/α,β-unsaturated/α-hetero) is 1. The Morgan fingerprint density at radius 2 is 1.58 bits per heavy atom. The summed E-state index contributed by atoms with van der Waals surface area (Å²) in [6.07, 6.45) is 1.93. The SMILES string of the molecule is Cc1ccc(C(=O)C(Nc2ccccc2)c2c[nH]c3ccccc23)cc1. The molecule has 4 rings (SSSR count). The first kappa shape index (κ1) is 16.2. The van der Waals surface area contributed by atoms with E-state index in [1.54, 1.807) is 0 Å². The van der Waals surface area contributed by atoms with Crippen LogP contribution in [0.5, 0.6) is 0 Å². The lowest BCUT2D eigenvalue weighted by Gasteiger charge is -2.19. The number of aromatic amines is 1. The van der Waals surface area contributed by atoms with E-state index in [9.17, 15) is 4.79 Å². The molecule has 128 valence electrons. The van der Waals surface area contributed by atoms with E-state index in [1.807, 2.05) is 92.0 Å². The third kappa shape index (κ3) is 3.11. The maximum absolute atomic E-state index is 13.3. The third-order valence-electron chi connectivity index (χ3n) is 4.62. The molecule has 0 aliphatic rings. The lowest BCUT2D eigenvalue weighted by molar-refractivity contribution is 0.0970. The van der Waals surface area contributed by atoms with Gasteiger partial charge >= 0.3 is 0 Å². The van der Waals surface area contributed by atoms with Crippen LogP contribution in [-0.4, -0.2) is 10.8 Å². The van der Waals surface area contributed by atoms with Crippen molar-refractivity contribution in [3.8, 4) is 0 Å². The molecule has 0 radical (unpaired) electrons. The molecule has 0 aliphatic carbocycles. The van der Waals surface area contributed by atoms with Gasteiger partial charge in [-0.05, 0) is 25.1 Å². The Balaban J connectivity index is 1.78. The number of H-pyrrole nitrogens is 1. The first-order chi connectivity index (χ1) is 12.7. The van der Waals surface area contributed by atoms with E-state index in [1.165, 1.54) is 0 Å². The van der Waals surface area contributed by atoms with Gasteiger partial charge in [-0.1, -0.05) is 66.2 Å². The monoisotopic (exact) mass is 340 g/mol. The minimum Gasteiger partial charge on any atom is -0.371 e. The second-order valence-electron chi connectivity index (χ2n) is 6.46. The second-order valence-corrected chi connectivity index (χ2v) is 6.46. The molecule has 1 unspecified atom stereocenters. The van der Waals surface area contributed by atoms with E-state index in [-0.39, 0.29) is 5.78 Å². The fourth-order valence-corrected chi connectivity index (χ4v) is 3.20. The number of rotatable bonds is 5. The van der Waals surface area contributed by atoms with Crippen LogP contribution in [0, 0.1) is 6.92 Å². The molecule has 1 heterocycles. The molecule has 3 aromatic carbocycles. The van der Waals surface area contributed by atoms with Crippen LogP contribution in [0.2, 0.25) is 0 Å². The Morgan fingerprint density at radius 3 is 2.35 bits per heavy atom. The van der Waals surface area contributed by atoms with Crippen LogP contribution in [0.4, 0.5) is 5.69 Å². The number of nitrogens with one attached hydrogen (secondary N) is 2. The van der Waals surface area contributed by atoms with E-state index >= 15 is 0 Å². The number of benzene rings is 3. The Bertz CT molecular complexity index is 1030. The van der Waals surface area contributed by atoms with Gasteiger partial charge in [0.1, 0.15) is 6.04 Å². The Hall–Kier alpha value is -3.33. The molecule has 1 atom stereocenters. The van der Waals surface area contributed by atoms with Gasteiger partial charge in [-0.15, -0.1) is 0 Å². The highest BCUT2D eigenvalue weighted by molar-refractivity contribution is 6.04. The number of carbonyl (C=O) groups excluding carboxylic acids is 1. The van der Waals surface area contributed by atoms with Gasteiger partial charge in [-0.3, -0.25) is 4.79 Å². The average Bonchev–Trinajstić information content (AvgIpc) is 3.11. The molecule has 0 saturated carbocycles. The van der Waals surface area contributed by atoms with Crippen LogP contribution in [0.1, 0.15) is 27.5 Å². The number of aryl methyl sites for hydroxylation is 1. The minimum atomic E-state index is -0.462. The lowest BCUT2D eigenvalue weighted by atomic mass is 9.96. The molecule has 0 fully saturated rings. The van der Waals surface area contributed by atoms with Crippen molar-refractivity contribution < 1.29 is 4.79 Å². The zero-order valence-corrected chi connectivity index (χ0v) is 14.6. The van der Waals surface area contributed by atoms with Gasteiger partial charge in [0.05, 0.1) is 0 Å². The molecular formula is C23H20N2O. The molecule has 3 nitrogen and oxygen atoms in total. The normalized spacial score (nSPS) is 12.0. The van der Waals surface area contributed by atoms with E-state index in [0.717, 1.165) is 27.7 Å². The summed E-state index contributed by atoms with van der Waals surface area (Å²) in [4.78, 5) is 16.6. The lowest BCUT2D eigenvalue weighted by Crippen LogP contribution is -2.21. The molecule has 3 heteroatoms. The van der Waals surface area contributed by atoms with Gasteiger partial charge in [-0.2, -0.15) is 0 Å². The highest BCUT2D eigenvalue weighted by Gasteiger charge is 2.24.